The van der Waals surface area contributed by atoms with Crippen LogP contribution in [0, 0.1) is 0 Å². The van der Waals surface area contributed by atoms with Crippen molar-refractivity contribution in [2.75, 3.05) is 6.61 Å². The van der Waals surface area contributed by atoms with Gasteiger partial charge in [-0.1, -0.05) is 11.6 Å². The van der Waals surface area contributed by atoms with E-state index in [1.54, 1.807) is 6.92 Å². The number of hydrogen-bond acceptors (Lipinski definition) is 4. The highest BCUT2D eigenvalue weighted by atomic mass is 35.5. The Balaban J connectivity index is 2.73. The molecule has 1 heterocycles. The van der Waals surface area contributed by atoms with Crippen LogP contribution in [0.5, 0.6) is 0 Å². The highest BCUT2D eigenvalue weighted by molar-refractivity contribution is 6.30. The number of hydrogen-bond donors (Lipinski definition) is 1. The van der Waals surface area contributed by atoms with E-state index in [9.17, 15) is 4.79 Å². The zero-order chi connectivity index (χ0) is 9.90. The van der Waals surface area contributed by atoms with Gasteiger partial charge < -0.3 is 10.5 Å². The van der Waals surface area contributed by atoms with Crippen molar-refractivity contribution in [1.29, 1.82) is 0 Å². The molecule has 0 aromatic carbocycles. The van der Waals surface area contributed by atoms with E-state index in [0.717, 1.165) is 0 Å². The summed E-state index contributed by atoms with van der Waals surface area (Å²) < 4.78 is 4.79. The molecule has 0 aliphatic carbocycles. The summed E-state index contributed by atoms with van der Waals surface area (Å²) in [5.74, 6) is -0.495. The van der Waals surface area contributed by atoms with Gasteiger partial charge in [0.15, 0.2) is 5.54 Å². The summed E-state index contributed by atoms with van der Waals surface area (Å²) in [7, 11) is 0. The van der Waals surface area contributed by atoms with Gasteiger partial charge in [0.25, 0.3) is 0 Å². The number of carbonyl (C=O) groups is 1. The molecule has 1 aliphatic heterocycles. The topological polar surface area (TPSA) is 64.7 Å². The molecular formula is C8H11ClN2O2. The smallest absolute Gasteiger partial charge is 0.332 e. The maximum atomic E-state index is 11.3. The van der Waals surface area contributed by atoms with Gasteiger partial charge >= 0.3 is 5.97 Å². The summed E-state index contributed by atoms with van der Waals surface area (Å²) in [4.78, 5) is 15.1. The summed E-state index contributed by atoms with van der Waals surface area (Å²) in [6, 6.07) is 0. The lowest BCUT2D eigenvalue weighted by molar-refractivity contribution is -0.146. The van der Waals surface area contributed by atoms with Crippen LogP contribution in [0.15, 0.2) is 16.2 Å². The van der Waals surface area contributed by atoms with Crippen LogP contribution in [0.2, 0.25) is 0 Å². The normalized spacial score (nSPS) is 26.8. The highest BCUT2D eigenvalue weighted by Gasteiger charge is 2.36. The monoisotopic (exact) mass is 202 g/mol. The van der Waals surface area contributed by atoms with E-state index in [1.807, 2.05) is 0 Å². The van der Waals surface area contributed by atoms with Crippen LogP contribution in [0.4, 0.5) is 0 Å². The molecule has 5 heteroatoms. The molecule has 2 N–H and O–H groups in total. The van der Waals surface area contributed by atoms with Crippen molar-refractivity contribution in [2.24, 2.45) is 10.7 Å². The SMILES string of the molecule is CCOC(=O)C1(N)C=NC=C(Cl)C1. The largest absolute Gasteiger partial charge is 0.464 e. The lowest BCUT2D eigenvalue weighted by atomic mass is 9.97. The molecular weight excluding hydrogens is 192 g/mol. The molecule has 0 fully saturated rings. The number of ether oxygens (including phenoxy) is 1. The molecule has 4 nitrogen and oxygen atoms in total. The number of nitrogens with two attached hydrogens (primary N) is 1. The number of aliphatic imine (C=N–C) groups is 1. The lowest BCUT2D eigenvalue weighted by Gasteiger charge is -2.23. The summed E-state index contributed by atoms with van der Waals surface area (Å²) in [6.45, 7) is 2.02. The van der Waals surface area contributed by atoms with E-state index in [-0.39, 0.29) is 6.42 Å². The standard InChI is InChI=1S/C8H11ClN2O2/c1-2-13-7(12)8(10)3-6(9)4-11-5-8/h4-5H,2-3,10H2,1H3. The van der Waals surface area contributed by atoms with Gasteiger partial charge in [-0.05, 0) is 6.92 Å². The Morgan fingerprint density at radius 3 is 3.15 bits per heavy atom. The molecule has 0 aromatic heterocycles. The Hall–Kier alpha value is -0.870. The summed E-state index contributed by atoms with van der Waals surface area (Å²) in [5, 5.41) is 0.457. The Morgan fingerprint density at radius 2 is 2.62 bits per heavy atom. The third-order valence-electron chi connectivity index (χ3n) is 1.64. The Bertz CT molecular complexity index is 275. The molecule has 1 aliphatic rings. The van der Waals surface area contributed by atoms with Crippen molar-refractivity contribution in [3.8, 4) is 0 Å². The molecule has 0 spiro atoms. The first-order valence-electron chi connectivity index (χ1n) is 3.93. The molecule has 13 heavy (non-hydrogen) atoms. The van der Waals surface area contributed by atoms with Crippen LogP contribution in [0.1, 0.15) is 13.3 Å². The van der Waals surface area contributed by atoms with E-state index in [2.05, 4.69) is 4.99 Å². The van der Waals surface area contributed by atoms with Crippen molar-refractivity contribution in [3.05, 3.63) is 11.2 Å². The Kier molecular flexibility index (Phi) is 3.06. The fraction of sp³-hybridized carbons (Fsp3) is 0.500. The highest BCUT2D eigenvalue weighted by Crippen LogP contribution is 2.21. The van der Waals surface area contributed by atoms with Crippen molar-refractivity contribution >= 4 is 23.8 Å². The third kappa shape index (κ3) is 2.29. The number of carbonyl (C=O) groups excluding carboxylic acids is 1. The van der Waals surface area contributed by atoms with Crippen LogP contribution >= 0.6 is 11.6 Å². The second kappa shape index (κ2) is 3.89. The van der Waals surface area contributed by atoms with E-state index in [4.69, 9.17) is 22.1 Å². The molecule has 0 radical (unpaired) electrons. The molecule has 1 rings (SSSR count). The van der Waals surface area contributed by atoms with Crippen LogP contribution in [0.25, 0.3) is 0 Å². The van der Waals surface area contributed by atoms with Gasteiger partial charge in [0.1, 0.15) is 0 Å². The van der Waals surface area contributed by atoms with Crippen LogP contribution in [-0.2, 0) is 9.53 Å². The number of nitrogens with zero attached hydrogens (tertiary/aromatic N) is 1. The van der Waals surface area contributed by atoms with E-state index in [1.165, 1.54) is 12.4 Å². The first kappa shape index (κ1) is 10.2. The second-order valence-corrected chi connectivity index (χ2v) is 3.28. The third-order valence-corrected chi connectivity index (χ3v) is 1.87. The summed E-state index contributed by atoms with van der Waals surface area (Å²) >= 11 is 5.70. The molecule has 72 valence electrons. The van der Waals surface area contributed by atoms with Crippen LogP contribution in [0.3, 0.4) is 0 Å². The number of rotatable bonds is 2. The lowest BCUT2D eigenvalue weighted by Crippen LogP contribution is -2.51. The first-order chi connectivity index (χ1) is 6.08. The Morgan fingerprint density at radius 1 is 1.92 bits per heavy atom. The predicted octanol–water partition coefficient (Wildman–Crippen LogP) is 0.802. The summed E-state index contributed by atoms with van der Waals surface area (Å²) in [6.07, 6.45) is 3.07. The minimum atomic E-state index is -1.19. The van der Waals surface area contributed by atoms with Gasteiger partial charge in [0.05, 0.1) is 6.61 Å². The van der Waals surface area contributed by atoms with E-state index < -0.39 is 11.5 Å². The predicted molar refractivity (Wildman–Crippen MR) is 50.6 cm³/mol. The van der Waals surface area contributed by atoms with Crippen molar-refractivity contribution in [2.45, 2.75) is 18.9 Å². The molecule has 1 atom stereocenters. The van der Waals surface area contributed by atoms with Gasteiger partial charge in [-0.15, -0.1) is 0 Å². The zero-order valence-electron chi connectivity index (χ0n) is 7.29. The van der Waals surface area contributed by atoms with Gasteiger partial charge in [0, 0.05) is 23.9 Å². The maximum Gasteiger partial charge on any atom is 0.332 e. The van der Waals surface area contributed by atoms with Gasteiger partial charge in [-0.25, -0.2) is 4.79 Å². The van der Waals surface area contributed by atoms with Crippen LogP contribution < -0.4 is 5.73 Å². The van der Waals surface area contributed by atoms with Gasteiger partial charge in [0.2, 0.25) is 0 Å². The minimum absolute atomic E-state index is 0.247. The minimum Gasteiger partial charge on any atom is -0.464 e. The molecule has 0 aromatic rings. The Labute approximate surface area is 81.4 Å². The molecule has 0 saturated heterocycles. The van der Waals surface area contributed by atoms with Crippen molar-refractivity contribution < 1.29 is 9.53 Å². The van der Waals surface area contributed by atoms with Gasteiger partial charge in [-0.2, -0.15) is 0 Å². The van der Waals surface area contributed by atoms with E-state index >= 15 is 0 Å². The van der Waals surface area contributed by atoms with Gasteiger partial charge in [-0.3, -0.25) is 4.99 Å². The molecule has 0 amide bonds. The van der Waals surface area contributed by atoms with Crippen molar-refractivity contribution in [1.82, 2.24) is 0 Å². The molecule has 0 bridgehead atoms. The van der Waals surface area contributed by atoms with Crippen LogP contribution in [-0.4, -0.2) is 24.3 Å². The quantitative estimate of drug-likeness (QED) is 0.674. The fourth-order valence-corrected chi connectivity index (χ4v) is 1.29. The molecule has 0 saturated carbocycles. The van der Waals surface area contributed by atoms with E-state index in [0.29, 0.717) is 11.6 Å². The zero-order valence-corrected chi connectivity index (χ0v) is 8.04. The second-order valence-electron chi connectivity index (χ2n) is 2.79. The average Bonchev–Trinajstić information content (AvgIpc) is 2.04. The fourth-order valence-electron chi connectivity index (χ4n) is 1.01. The molecule has 1 unspecified atom stereocenters. The summed E-state index contributed by atoms with van der Waals surface area (Å²) in [5.41, 5.74) is 4.54. The van der Waals surface area contributed by atoms with Crippen molar-refractivity contribution in [3.63, 3.8) is 0 Å². The number of halogens is 1. The first-order valence-corrected chi connectivity index (χ1v) is 4.31. The number of esters is 1. The average molecular weight is 203 g/mol. The maximum absolute atomic E-state index is 11.3.